The molecule has 0 aliphatic heterocycles. The molecule has 0 fully saturated rings. The molecule has 1 N–H and O–H groups in total. The number of carboxylic acids is 1. The number of aliphatic carboxylic acids is 1. The van der Waals surface area contributed by atoms with E-state index in [2.05, 4.69) is 15.9 Å². The molecule has 4 aromatic rings. The molecule has 39 heavy (non-hydrogen) atoms. The molecule has 0 saturated heterocycles. The minimum absolute atomic E-state index is 0.109. The molecule has 0 bridgehead atoms. The maximum absolute atomic E-state index is 12.6. The molecule has 0 aliphatic carbocycles. The van der Waals surface area contributed by atoms with Crippen LogP contribution in [0.25, 0.3) is 10.4 Å². The minimum Gasteiger partial charge on any atom is -0.479 e. The zero-order chi connectivity index (χ0) is 27.9. The lowest BCUT2D eigenvalue weighted by molar-refractivity contribution is -0.139. The number of carboxylic acid groups (broad SMARTS) is 1. The zero-order valence-corrected chi connectivity index (χ0v) is 23.5. The van der Waals surface area contributed by atoms with Crippen LogP contribution in [0.2, 0.25) is 0 Å². The van der Waals surface area contributed by atoms with Crippen LogP contribution in [-0.4, -0.2) is 36.7 Å². The van der Waals surface area contributed by atoms with Crippen LogP contribution in [0.3, 0.4) is 0 Å². The highest BCUT2D eigenvalue weighted by Crippen LogP contribution is 2.46. The summed E-state index contributed by atoms with van der Waals surface area (Å²) in [5.41, 5.74) is 2.32. The van der Waals surface area contributed by atoms with Crippen molar-refractivity contribution in [3.63, 3.8) is 0 Å². The summed E-state index contributed by atoms with van der Waals surface area (Å²) in [5, 5.41) is 9.02. The first-order chi connectivity index (χ1) is 18.8. The number of carbonyl (C=O) groups is 3. The fraction of sp³-hybridized carbons (Fsp3) is 0.138. The van der Waals surface area contributed by atoms with Crippen LogP contribution in [0.1, 0.15) is 22.2 Å². The molecule has 3 aromatic carbocycles. The fourth-order valence-corrected chi connectivity index (χ4v) is 5.74. The van der Waals surface area contributed by atoms with Gasteiger partial charge in [-0.3, -0.25) is 4.79 Å². The van der Waals surface area contributed by atoms with Crippen LogP contribution >= 0.6 is 27.3 Å². The van der Waals surface area contributed by atoms with E-state index >= 15 is 0 Å². The van der Waals surface area contributed by atoms with Gasteiger partial charge in [-0.15, -0.1) is 11.3 Å². The summed E-state index contributed by atoms with van der Waals surface area (Å²) >= 11 is 4.58. The molecule has 1 aromatic heterocycles. The van der Waals surface area contributed by atoms with E-state index in [1.165, 1.54) is 14.0 Å². The normalized spacial score (nSPS) is 10.5. The maximum atomic E-state index is 12.6. The number of thiophene rings is 1. The lowest BCUT2D eigenvalue weighted by Crippen LogP contribution is -2.27. The van der Waals surface area contributed by atoms with Crippen LogP contribution in [0.15, 0.2) is 83.3 Å². The van der Waals surface area contributed by atoms with Gasteiger partial charge in [0.05, 0.1) is 23.0 Å². The average molecular weight is 610 g/mol. The summed E-state index contributed by atoms with van der Waals surface area (Å²) in [5.74, 6) is -0.454. The van der Waals surface area contributed by atoms with E-state index in [0.29, 0.717) is 27.3 Å². The summed E-state index contributed by atoms with van der Waals surface area (Å²) in [6.07, 6.45) is 0. The van der Waals surface area contributed by atoms with E-state index in [-0.39, 0.29) is 16.5 Å². The molecular formula is C29H24BrNO7S. The second-order valence-electron chi connectivity index (χ2n) is 8.29. The highest BCUT2D eigenvalue weighted by Gasteiger charge is 2.25. The molecule has 0 spiro atoms. The largest absolute Gasteiger partial charge is 0.479 e. The highest BCUT2D eigenvalue weighted by atomic mass is 79.9. The van der Waals surface area contributed by atoms with Crippen LogP contribution in [0.5, 0.6) is 17.2 Å². The monoisotopic (exact) mass is 609 g/mol. The molecule has 0 saturated carbocycles. The average Bonchev–Trinajstić information content (AvgIpc) is 3.27. The second kappa shape index (κ2) is 12.6. The first-order valence-electron chi connectivity index (χ1n) is 11.7. The first-order valence-corrected chi connectivity index (χ1v) is 13.3. The van der Waals surface area contributed by atoms with E-state index < -0.39 is 18.5 Å². The van der Waals surface area contributed by atoms with Crippen LogP contribution in [-0.2, 0) is 20.9 Å². The fourth-order valence-electron chi connectivity index (χ4n) is 3.77. The predicted molar refractivity (Wildman–Crippen MR) is 152 cm³/mol. The van der Waals surface area contributed by atoms with Crippen molar-refractivity contribution in [2.45, 2.75) is 13.5 Å². The lowest BCUT2D eigenvalue weighted by atomic mass is 10.1. The van der Waals surface area contributed by atoms with Gasteiger partial charge in [0.2, 0.25) is 5.91 Å². The predicted octanol–water partition coefficient (Wildman–Crippen LogP) is 6.77. The molecule has 0 atom stereocenters. The van der Waals surface area contributed by atoms with Gasteiger partial charge in [-0.2, -0.15) is 0 Å². The number of esters is 1. The number of hydrogen-bond acceptors (Lipinski definition) is 7. The van der Waals surface area contributed by atoms with Crippen molar-refractivity contribution in [2.75, 3.05) is 18.6 Å². The molecule has 1 heterocycles. The quantitative estimate of drug-likeness (QED) is 0.198. The smallest absolute Gasteiger partial charge is 0.351 e. The Bertz CT molecular complexity index is 1490. The number of halogens is 1. The number of hydrogen-bond donors (Lipinski definition) is 1. The Hall–Kier alpha value is -4.15. The number of ether oxygens (including phenoxy) is 3. The zero-order valence-electron chi connectivity index (χ0n) is 21.0. The molecule has 8 nitrogen and oxygen atoms in total. The van der Waals surface area contributed by atoms with Crippen molar-refractivity contribution < 1.29 is 33.7 Å². The van der Waals surface area contributed by atoms with Gasteiger partial charge in [0.25, 0.3) is 0 Å². The number of para-hydroxylation sites is 1. The van der Waals surface area contributed by atoms with Crippen molar-refractivity contribution in [2.24, 2.45) is 0 Å². The summed E-state index contributed by atoms with van der Waals surface area (Å²) < 4.78 is 16.5. The number of carbonyl (C=O) groups excluding carboxylic acids is 2. The maximum Gasteiger partial charge on any atom is 0.351 e. The number of benzene rings is 3. The Labute approximate surface area is 237 Å². The molecular weight excluding hydrogens is 586 g/mol. The molecule has 0 radical (unpaired) electrons. The van der Waals surface area contributed by atoms with Gasteiger partial charge in [0.15, 0.2) is 17.2 Å². The van der Waals surface area contributed by atoms with Gasteiger partial charge in [-0.05, 0) is 69.5 Å². The summed E-state index contributed by atoms with van der Waals surface area (Å²) in [4.78, 5) is 38.4. The summed E-state index contributed by atoms with van der Waals surface area (Å²) in [7, 11) is 1.24. The van der Waals surface area contributed by atoms with E-state index in [9.17, 15) is 14.4 Å². The van der Waals surface area contributed by atoms with Gasteiger partial charge in [-0.1, -0.05) is 36.4 Å². The van der Waals surface area contributed by atoms with Gasteiger partial charge >= 0.3 is 11.9 Å². The summed E-state index contributed by atoms with van der Waals surface area (Å²) in [6, 6.07) is 24.2. The van der Waals surface area contributed by atoms with Crippen molar-refractivity contribution in [3.8, 4) is 27.7 Å². The molecule has 4 rings (SSSR count). The molecule has 200 valence electrons. The van der Waals surface area contributed by atoms with Crippen molar-refractivity contribution in [1.82, 2.24) is 0 Å². The SMILES string of the molecule is COC(=O)c1sc(-c2cccc(CN(C(C)=O)c3ccc(Oc4ccccc4)cc3)c2)c(Br)c1OCC(=O)O. The molecule has 1 amide bonds. The molecule has 10 heteroatoms. The van der Waals surface area contributed by atoms with E-state index in [0.717, 1.165) is 28.2 Å². The number of methoxy groups -OCH3 is 1. The van der Waals surface area contributed by atoms with Gasteiger partial charge in [-0.25, -0.2) is 9.59 Å². The third kappa shape index (κ3) is 6.84. The number of anilines is 1. The van der Waals surface area contributed by atoms with Gasteiger partial charge in [0, 0.05) is 12.6 Å². The number of nitrogens with zero attached hydrogens (tertiary/aromatic N) is 1. The number of amides is 1. The van der Waals surface area contributed by atoms with E-state index in [1.807, 2.05) is 78.9 Å². The third-order valence-corrected chi connectivity index (χ3v) is 7.78. The standard InChI is InChI=1S/C29H24BrNO7S/c1-18(32)31(21-11-13-23(14-12-21)38-22-9-4-3-5-10-22)16-19-7-6-8-20(15-19)27-25(30)26(37-17-24(33)34)28(39-27)29(35)36-2/h3-15H,16-17H2,1-2H3,(H,33,34). The third-order valence-electron chi connectivity index (χ3n) is 5.56. The second-order valence-corrected chi connectivity index (χ2v) is 10.1. The van der Waals surface area contributed by atoms with Crippen molar-refractivity contribution in [1.29, 1.82) is 0 Å². The van der Waals surface area contributed by atoms with Crippen molar-refractivity contribution in [3.05, 3.63) is 93.8 Å². The van der Waals surface area contributed by atoms with Crippen LogP contribution in [0, 0.1) is 0 Å². The molecule has 0 unspecified atom stereocenters. The minimum atomic E-state index is -1.17. The van der Waals surface area contributed by atoms with Crippen LogP contribution < -0.4 is 14.4 Å². The Balaban J connectivity index is 1.59. The van der Waals surface area contributed by atoms with Crippen molar-refractivity contribution >= 4 is 50.8 Å². The van der Waals surface area contributed by atoms with E-state index in [1.54, 1.807) is 4.90 Å². The Morgan fingerprint density at radius 1 is 0.949 bits per heavy atom. The summed E-state index contributed by atoms with van der Waals surface area (Å²) in [6.45, 7) is 1.20. The Kier molecular flexibility index (Phi) is 9.00. The van der Waals surface area contributed by atoms with Crippen LogP contribution in [0.4, 0.5) is 5.69 Å². The topological polar surface area (TPSA) is 102 Å². The van der Waals surface area contributed by atoms with Gasteiger partial charge in [0.1, 0.15) is 11.5 Å². The van der Waals surface area contributed by atoms with Gasteiger partial charge < -0.3 is 24.2 Å². The van der Waals surface area contributed by atoms with E-state index in [4.69, 9.17) is 19.3 Å². The highest BCUT2D eigenvalue weighted by molar-refractivity contribution is 9.10. The number of rotatable bonds is 10. The molecule has 0 aliphatic rings. The first kappa shape index (κ1) is 27.9. The lowest BCUT2D eigenvalue weighted by Gasteiger charge is -2.22. The Morgan fingerprint density at radius 2 is 1.64 bits per heavy atom. The Morgan fingerprint density at radius 3 is 2.28 bits per heavy atom.